The van der Waals surface area contributed by atoms with Gasteiger partial charge in [-0.25, -0.2) is 0 Å². The fourth-order valence-electron chi connectivity index (χ4n) is 3.12. The number of benzene rings is 1. The van der Waals surface area contributed by atoms with Crippen molar-refractivity contribution in [2.24, 2.45) is 0 Å². The van der Waals surface area contributed by atoms with Gasteiger partial charge < -0.3 is 4.42 Å². The van der Waals surface area contributed by atoms with Gasteiger partial charge in [-0.2, -0.15) is 0 Å². The van der Waals surface area contributed by atoms with E-state index in [0.29, 0.717) is 0 Å². The van der Waals surface area contributed by atoms with E-state index >= 15 is 0 Å². The minimum absolute atomic E-state index is 0.873. The van der Waals surface area contributed by atoms with E-state index < -0.39 is 0 Å². The van der Waals surface area contributed by atoms with Crippen LogP contribution in [0.4, 0.5) is 0 Å². The van der Waals surface area contributed by atoms with Gasteiger partial charge in [0.1, 0.15) is 11.3 Å². The van der Waals surface area contributed by atoms with Gasteiger partial charge in [-0.05, 0) is 18.6 Å². The molecule has 3 heteroatoms. The highest BCUT2D eigenvalue weighted by Crippen LogP contribution is 2.25. The summed E-state index contributed by atoms with van der Waals surface area (Å²) in [6.45, 7) is 2.26. The molecule has 0 N–H and O–H groups in total. The molecule has 0 aliphatic heterocycles. The fourth-order valence-corrected chi connectivity index (χ4v) is 3.12. The summed E-state index contributed by atoms with van der Waals surface area (Å²) in [6, 6.07) is 10.1. The molecule has 1 aromatic carbocycles. The number of fused-ring (bicyclic) bond motifs is 3. The van der Waals surface area contributed by atoms with Crippen LogP contribution >= 0.6 is 0 Å². The quantitative estimate of drug-likeness (QED) is 0.451. The van der Waals surface area contributed by atoms with Gasteiger partial charge >= 0.3 is 0 Å². The van der Waals surface area contributed by atoms with Crippen LogP contribution in [0.1, 0.15) is 64.1 Å². The average molecular weight is 310 g/mol. The van der Waals surface area contributed by atoms with E-state index in [1.165, 1.54) is 51.4 Å². The Morgan fingerprint density at radius 3 is 2.35 bits per heavy atom. The average Bonchev–Trinajstić information content (AvgIpc) is 3.01. The first kappa shape index (κ1) is 16.0. The third kappa shape index (κ3) is 4.10. The van der Waals surface area contributed by atoms with Crippen LogP contribution in [0.25, 0.3) is 22.0 Å². The highest BCUT2D eigenvalue weighted by Gasteiger charge is 2.09. The molecule has 3 nitrogen and oxygen atoms in total. The summed E-state index contributed by atoms with van der Waals surface area (Å²) in [5.41, 5.74) is 2.65. The highest BCUT2D eigenvalue weighted by molar-refractivity contribution is 5.99. The molecule has 2 heterocycles. The molecule has 23 heavy (non-hydrogen) atoms. The molecule has 0 aliphatic carbocycles. The smallest absolute Gasteiger partial charge is 0.164 e. The van der Waals surface area contributed by atoms with Gasteiger partial charge in [0, 0.05) is 17.9 Å². The number of hydrogen-bond donors (Lipinski definition) is 0. The molecular weight excluding hydrogens is 284 g/mol. The van der Waals surface area contributed by atoms with E-state index in [4.69, 9.17) is 4.42 Å². The van der Waals surface area contributed by atoms with Gasteiger partial charge in [0.05, 0.1) is 5.52 Å². The maximum Gasteiger partial charge on any atom is 0.164 e. The summed E-state index contributed by atoms with van der Waals surface area (Å²) < 4.78 is 6.04. The van der Waals surface area contributed by atoms with Crippen LogP contribution in [0.3, 0.4) is 0 Å². The molecule has 0 amide bonds. The molecule has 0 aliphatic rings. The molecule has 3 aromatic rings. The van der Waals surface area contributed by atoms with Crippen molar-refractivity contribution in [3.05, 3.63) is 36.1 Å². The lowest BCUT2D eigenvalue weighted by molar-refractivity contribution is 0.519. The van der Waals surface area contributed by atoms with E-state index in [1.54, 1.807) is 0 Å². The van der Waals surface area contributed by atoms with Crippen LogP contribution < -0.4 is 0 Å². The second-order valence-corrected chi connectivity index (χ2v) is 6.37. The Hall–Kier alpha value is -1.90. The third-order valence-corrected chi connectivity index (χ3v) is 4.45. The Kier molecular flexibility index (Phi) is 5.62. The SMILES string of the molecule is CCCCCCCCCCc1cc2nnc3ccccc3c2o1. The van der Waals surface area contributed by atoms with E-state index in [2.05, 4.69) is 29.3 Å². The number of aromatic nitrogens is 2. The predicted octanol–water partition coefficient (Wildman–Crippen LogP) is 6.06. The van der Waals surface area contributed by atoms with Gasteiger partial charge in [-0.15, -0.1) is 10.2 Å². The number of unbranched alkanes of at least 4 members (excludes halogenated alkanes) is 7. The van der Waals surface area contributed by atoms with Crippen molar-refractivity contribution in [2.45, 2.75) is 64.7 Å². The van der Waals surface area contributed by atoms with Crippen molar-refractivity contribution in [3.63, 3.8) is 0 Å². The summed E-state index contributed by atoms with van der Waals surface area (Å²) in [6.07, 6.45) is 11.7. The minimum atomic E-state index is 0.873. The van der Waals surface area contributed by atoms with Crippen LogP contribution in [-0.2, 0) is 6.42 Å². The van der Waals surface area contributed by atoms with Crippen molar-refractivity contribution in [3.8, 4) is 0 Å². The second-order valence-electron chi connectivity index (χ2n) is 6.37. The summed E-state index contributed by atoms with van der Waals surface area (Å²) in [7, 11) is 0. The van der Waals surface area contributed by atoms with Gasteiger partial charge in [0.2, 0.25) is 0 Å². The molecule has 0 saturated heterocycles. The first-order valence-corrected chi connectivity index (χ1v) is 9.02. The summed E-state index contributed by atoms with van der Waals surface area (Å²) >= 11 is 0. The first-order chi connectivity index (χ1) is 11.4. The minimum Gasteiger partial charge on any atom is -0.459 e. The maximum absolute atomic E-state index is 6.04. The van der Waals surface area contributed by atoms with Gasteiger partial charge in [0.15, 0.2) is 5.58 Å². The monoisotopic (exact) mass is 310 g/mol. The Balaban J connectivity index is 1.52. The van der Waals surface area contributed by atoms with Crippen molar-refractivity contribution < 1.29 is 4.42 Å². The number of aryl methyl sites for hydroxylation is 1. The van der Waals surface area contributed by atoms with Crippen LogP contribution in [0.2, 0.25) is 0 Å². The molecule has 0 radical (unpaired) electrons. The normalized spacial score (nSPS) is 11.5. The van der Waals surface area contributed by atoms with Crippen molar-refractivity contribution in [2.75, 3.05) is 0 Å². The summed E-state index contributed by atoms with van der Waals surface area (Å²) in [4.78, 5) is 0. The zero-order chi connectivity index (χ0) is 15.9. The number of rotatable bonds is 9. The van der Waals surface area contributed by atoms with E-state index in [1.807, 2.05) is 18.2 Å². The van der Waals surface area contributed by atoms with Crippen LogP contribution in [0, 0.1) is 0 Å². The van der Waals surface area contributed by atoms with Crippen LogP contribution in [-0.4, -0.2) is 10.2 Å². The second kappa shape index (κ2) is 8.09. The number of furan rings is 1. The lowest BCUT2D eigenvalue weighted by Gasteiger charge is -2.00. The van der Waals surface area contributed by atoms with Gasteiger partial charge in [-0.3, -0.25) is 0 Å². The van der Waals surface area contributed by atoms with Gasteiger partial charge in [0.25, 0.3) is 0 Å². The molecule has 2 aromatic heterocycles. The highest BCUT2D eigenvalue weighted by atomic mass is 16.3. The van der Waals surface area contributed by atoms with Crippen LogP contribution in [0.15, 0.2) is 34.7 Å². The van der Waals surface area contributed by atoms with Crippen molar-refractivity contribution in [1.82, 2.24) is 10.2 Å². The fraction of sp³-hybridized carbons (Fsp3) is 0.500. The Labute approximate surface area is 138 Å². The Morgan fingerprint density at radius 1 is 0.826 bits per heavy atom. The Morgan fingerprint density at radius 2 is 1.52 bits per heavy atom. The summed E-state index contributed by atoms with van der Waals surface area (Å²) in [5, 5.41) is 9.59. The molecule has 0 bridgehead atoms. The standard InChI is InChI=1S/C20H26N2O/c1-2-3-4-5-6-7-8-9-12-16-15-19-20(23-16)17-13-10-11-14-18(17)21-22-19/h10-11,13-15H,2-9,12H2,1H3. The van der Waals surface area contributed by atoms with E-state index in [0.717, 1.165) is 34.2 Å². The molecular formula is C20H26N2O. The molecule has 0 fully saturated rings. The molecule has 122 valence electrons. The number of nitrogens with zero attached hydrogens (tertiary/aromatic N) is 2. The molecule has 0 unspecified atom stereocenters. The zero-order valence-corrected chi connectivity index (χ0v) is 14.1. The maximum atomic E-state index is 6.04. The first-order valence-electron chi connectivity index (χ1n) is 9.02. The lowest BCUT2D eigenvalue weighted by Crippen LogP contribution is -1.84. The predicted molar refractivity (Wildman–Crippen MR) is 95.6 cm³/mol. The van der Waals surface area contributed by atoms with E-state index in [9.17, 15) is 0 Å². The lowest BCUT2D eigenvalue weighted by atomic mass is 10.1. The summed E-state index contributed by atoms with van der Waals surface area (Å²) in [5.74, 6) is 1.04. The molecule has 0 atom stereocenters. The van der Waals surface area contributed by atoms with Crippen molar-refractivity contribution >= 4 is 22.0 Å². The van der Waals surface area contributed by atoms with Gasteiger partial charge in [-0.1, -0.05) is 64.0 Å². The van der Waals surface area contributed by atoms with E-state index in [-0.39, 0.29) is 0 Å². The zero-order valence-electron chi connectivity index (χ0n) is 14.1. The van der Waals surface area contributed by atoms with Crippen molar-refractivity contribution in [1.29, 1.82) is 0 Å². The molecule has 3 rings (SSSR count). The van der Waals surface area contributed by atoms with Crippen LogP contribution in [0.5, 0.6) is 0 Å². The molecule has 0 spiro atoms. The topological polar surface area (TPSA) is 38.9 Å². The number of hydrogen-bond acceptors (Lipinski definition) is 3. The third-order valence-electron chi connectivity index (χ3n) is 4.45. The Bertz CT molecular complexity index is 748. The molecule has 0 saturated carbocycles. The largest absolute Gasteiger partial charge is 0.459 e.